The van der Waals surface area contributed by atoms with Crippen LogP contribution in [-0.2, 0) is 6.42 Å². The van der Waals surface area contributed by atoms with E-state index in [2.05, 4.69) is 43.9 Å². The summed E-state index contributed by atoms with van der Waals surface area (Å²) in [7, 11) is 0. The lowest BCUT2D eigenvalue weighted by atomic mass is 9.88. The van der Waals surface area contributed by atoms with Crippen LogP contribution in [0.5, 0.6) is 0 Å². The van der Waals surface area contributed by atoms with Crippen LogP contribution in [-0.4, -0.2) is 41.9 Å². The number of rotatable bonds is 4. The summed E-state index contributed by atoms with van der Waals surface area (Å²) in [5.74, 6) is 0.842. The van der Waals surface area contributed by atoms with E-state index in [0.29, 0.717) is 17.3 Å². The Kier molecular flexibility index (Phi) is 5.27. The van der Waals surface area contributed by atoms with Crippen molar-refractivity contribution in [3.63, 3.8) is 0 Å². The molecule has 3 aromatic heterocycles. The third kappa shape index (κ3) is 3.41. The molecule has 0 bridgehead atoms. The molecule has 3 heterocycles. The molecule has 0 unspecified atom stereocenters. The number of aliphatic hydroxyl groups excluding tert-OH is 2. The molecular weight excluding hydrogens is 472 g/mol. The van der Waals surface area contributed by atoms with Crippen molar-refractivity contribution in [2.24, 2.45) is 11.8 Å². The number of hydrogen-bond acceptors (Lipinski definition) is 7. The summed E-state index contributed by atoms with van der Waals surface area (Å²) >= 11 is 3.41. The number of nitrogens with two attached hydrogens (primary N) is 2. The smallest absolute Gasteiger partial charge is 0.145 e. The Morgan fingerprint density at radius 2 is 1.88 bits per heavy atom. The predicted molar refractivity (Wildman–Crippen MR) is 128 cm³/mol. The van der Waals surface area contributed by atoms with Crippen molar-refractivity contribution < 1.29 is 10.2 Å². The molecule has 1 fully saturated rings. The van der Waals surface area contributed by atoms with Crippen LogP contribution in [0.25, 0.3) is 21.9 Å². The first-order chi connectivity index (χ1) is 15.3. The first-order valence-corrected chi connectivity index (χ1v) is 11.4. The fraction of sp³-hybridized carbons (Fsp3) is 0.348. The summed E-state index contributed by atoms with van der Waals surface area (Å²) in [6.45, 7) is 2.07. The first kappa shape index (κ1) is 21.1. The average molecular weight is 497 g/mol. The molecule has 6 N–H and O–H groups in total. The highest BCUT2D eigenvalue weighted by molar-refractivity contribution is 9.10. The van der Waals surface area contributed by atoms with Crippen LogP contribution in [0.4, 0.5) is 11.6 Å². The van der Waals surface area contributed by atoms with E-state index in [-0.39, 0.29) is 17.9 Å². The molecule has 1 aromatic carbocycles. The fourth-order valence-corrected chi connectivity index (χ4v) is 5.44. The summed E-state index contributed by atoms with van der Waals surface area (Å²) in [5.41, 5.74) is 14.5. The quantitative estimate of drug-likeness (QED) is 0.340. The zero-order valence-electron chi connectivity index (χ0n) is 17.6. The van der Waals surface area contributed by atoms with Crippen molar-refractivity contribution in [2.75, 3.05) is 11.5 Å². The van der Waals surface area contributed by atoms with Crippen molar-refractivity contribution in [1.82, 2.24) is 19.5 Å². The van der Waals surface area contributed by atoms with Gasteiger partial charge in [-0.15, -0.1) is 0 Å². The lowest BCUT2D eigenvalue weighted by Crippen LogP contribution is -2.29. The highest BCUT2D eigenvalue weighted by atomic mass is 79.9. The number of aromatic nitrogens is 4. The molecule has 0 spiro atoms. The second kappa shape index (κ2) is 7.99. The van der Waals surface area contributed by atoms with Gasteiger partial charge in [0.1, 0.15) is 29.7 Å². The number of pyridine rings is 1. The number of halogens is 1. The number of nitrogen functional groups attached to an aromatic ring is 2. The minimum atomic E-state index is -0.891. The first-order valence-electron chi connectivity index (χ1n) is 10.6. The fourth-order valence-electron chi connectivity index (χ4n) is 5.10. The summed E-state index contributed by atoms with van der Waals surface area (Å²) in [6, 6.07) is 9.67. The largest absolute Gasteiger partial charge is 0.390 e. The molecular formula is C23H25BrN6O2. The lowest BCUT2D eigenvalue weighted by molar-refractivity contribution is 0.00538. The molecule has 0 radical (unpaired) electrons. The van der Waals surface area contributed by atoms with Gasteiger partial charge >= 0.3 is 0 Å². The van der Waals surface area contributed by atoms with Gasteiger partial charge in [-0.3, -0.25) is 0 Å². The molecule has 0 saturated heterocycles. The SMILES string of the molecule is C[C@H]1[C@H](CCc2ccc3cc(Br)c(N)nc3c2)[C@@H](O)[C@@H](O)[C@@H]1n1ccc2c(N)ncnc21. The van der Waals surface area contributed by atoms with E-state index in [9.17, 15) is 10.2 Å². The maximum absolute atomic E-state index is 10.9. The standard InChI is InChI=1S/C23H25BrN6O2/c1-11-14(5-3-12-2-4-13-9-16(24)22(26)29-17(13)8-12)19(31)20(32)18(11)30-7-6-15-21(25)27-10-28-23(15)30/h2,4,6-11,14,18-20,31-32H,3,5H2,1H3,(H2,26,29)(H2,25,27,28)/t11-,14-,18+,19+,20-/m0/s1. The molecule has 0 amide bonds. The number of nitrogens with zero attached hydrogens (tertiary/aromatic N) is 4. The Labute approximate surface area is 193 Å². The summed E-state index contributed by atoms with van der Waals surface area (Å²) < 4.78 is 2.71. The number of benzene rings is 1. The van der Waals surface area contributed by atoms with Crippen molar-refractivity contribution in [3.8, 4) is 0 Å². The van der Waals surface area contributed by atoms with Crippen LogP contribution < -0.4 is 11.5 Å². The van der Waals surface area contributed by atoms with Gasteiger partial charge in [0.2, 0.25) is 0 Å². The van der Waals surface area contributed by atoms with E-state index in [1.165, 1.54) is 6.33 Å². The zero-order valence-corrected chi connectivity index (χ0v) is 19.1. The second-order valence-electron chi connectivity index (χ2n) is 8.64. The highest BCUT2D eigenvalue weighted by Crippen LogP contribution is 2.44. The molecule has 9 heteroatoms. The number of aliphatic hydroxyl groups is 2. The second-order valence-corrected chi connectivity index (χ2v) is 9.49. The van der Waals surface area contributed by atoms with Crippen LogP contribution in [0.2, 0.25) is 0 Å². The molecule has 5 atom stereocenters. The van der Waals surface area contributed by atoms with Gasteiger partial charge in [-0.2, -0.15) is 0 Å². The molecule has 0 aliphatic heterocycles. The Morgan fingerprint density at radius 1 is 1.06 bits per heavy atom. The Balaban J connectivity index is 1.38. The van der Waals surface area contributed by atoms with Crippen LogP contribution in [0.3, 0.4) is 0 Å². The monoisotopic (exact) mass is 496 g/mol. The van der Waals surface area contributed by atoms with E-state index in [0.717, 1.165) is 39.2 Å². The number of aryl methyl sites for hydroxylation is 1. The Bertz CT molecular complexity index is 1310. The van der Waals surface area contributed by atoms with Gasteiger partial charge in [0.15, 0.2) is 0 Å². The highest BCUT2D eigenvalue weighted by Gasteiger charge is 2.47. The molecule has 1 aliphatic rings. The maximum atomic E-state index is 10.9. The van der Waals surface area contributed by atoms with Gasteiger partial charge in [0.25, 0.3) is 0 Å². The van der Waals surface area contributed by atoms with Gasteiger partial charge in [0, 0.05) is 11.6 Å². The van der Waals surface area contributed by atoms with Crippen LogP contribution in [0.1, 0.15) is 24.9 Å². The molecule has 5 rings (SSSR count). The summed E-state index contributed by atoms with van der Waals surface area (Å²) in [6.07, 6.45) is 3.08. The normalized spacial score (nSPS) is 25.7. The van der Waals surface area contributed by atoms with Crippen molar-refractivity contribution in [3.05, 3.63) is 52.9 Å². The molecule has 1 saturated carbocycles. The van der Waals surface area contributed by atoms with Crippen LogP contribution in [0.15, 0.2) is 47.3 Å². The minimum absolute atomic E-state index is 0.0389. The topological polar surface area (TPSA) is 136 Å². The number of anilines is 2. The third-order valence-electron chi connectivity index (χ3n) is 6.84. The van der Waals surface area contributed by atoms with Gasteiger partial charge in [-0.25, -0.2) is 15.0 Å². The Hall–Kier alpha value is -2.75. The number of fused-ring (bicyclic) bond motifs is 2. The van der Waals surface area contributed by atoms with Crippen LogP contribution in [0, 0.1) is 11.8 Å². The Morgan fingerprint density at radius 3 is 2.69 bits per heavy atom. The molecule has 4 aromatic rings. The maximum Gasteiger partial charge on any atom is 0.145 e. The predicted octanol–water partition coefficient (Wildman–Crippen LogP) is 3.07. The van der Waals surface area contributed by atoms with E-state index in [1.807, 2.05) is 35.0 Å². The van der Waals surface area contributed by atoms with E-state index < -0.39 is 12.2 Å². The van der Waals surface area contributed by atoms with E-state index >= 15 is 0 Å². The lowest BCUT2D eigenvalue weighted by Gasteiger charge is -2.23. The van der Waals surface area contributed by atoms with Crippen molar-refractivity contribution in [1.29, 1.82) is 0 Å². The zero-order chi connectivity index (χ0) is 22.6. The summed E-state index contributed by atoms with van der Waals surface area (Å²) in [4.78, 5) is 12.9. The number of hydrogen-bond donors (Lipinski definition) is 4. The molecule has 8 nitrogen and oxygen atoms in total. The van der Waals surface area contributed by atoms with Crippen molar-refractivity contribution in [2.45, 2.75) is 38.0 Å². The molecule has 1 aliphatic carbocycles. The van der Waals surface area contributed by atoms with Gasteiger partial charge < -0.3 is 26.2 Å². The van der Waals surface area contributed by atoms with Crippen molar-refractivity contribution >= 4 is 49.5 Å². The van der Waals surface area contributed by atoms with E-state index in [4.69, 9.17) is 11.5 Å². The van der Waals surface area contributed by atoms with Gasteiger partial charge in [-0.05, 0) is 64.4 Å². The van der Waals surface area contributed by atoms with E-state index in [1.54, 1.807) is 0 Å². The average Bonchev–Trinajstić information content (AvgIpc) is 3.27. The molecule has 32 heavy (non-hydrogen) atoms. The van der Waals surface area contributed by atoms with Crippen LogP contribution >= 0.6 is 15.9 Å². The third-order valence-corrected chi connectivity index (χ3v) is 7.48. The van der Waals surface area contributed by atoms with Gasteiger partial charge in [-0.1, -0.05) is 19.1 Å². The summed E-state index contributed by atoms with van der Waals surface area (Å²) in [5, 5.41) is 23.6. The van der Waals surface area contributed by atoms with Gasteiger partial charge in [0.05, 0.1) is 27.5 Å². The molecule has 166 valence electrons. The minimum Gasteiger partial charge on any atom is -0.390 e.